The van der Waals surface area contributed by atoms with E-state index in [1.54, 1.807) is 6.08 Å². The van der Waals surface area contributed by atoms with Crippen molar-refractivity contribution in [3.8, 4) is 0 Å². The summed E-state index contributed by atoms with van der Waals surface area (Å²) in [6.45, 7) is 3.60. The first kappa shape index (κ1) is 69.6. The van der Waals surface area contributed by atoms with Crippen molar-refractivity contribution in [3.63, 3.8) is 0 Å². The molecule has 0 bridgehead atoms. The number of aliphatic hydroxyl groups excluding tert-OH is 5. The van der Waals surface area contributed by atoms with Gasteiger partial charge in [-0.05, 0) is 103 Å². The maximum atomic E-state index is 13.0. The van der Waals surface area contributed by atoms with E-state index in [1.807, 2.05) is 6.08 Å². The Morgan fingerprint density at radius 2 is 0.840 bits per heavy atom. The number of hydrogen-bond acceptors (Lipinski definition) is 8. The van der Waals surface area contributed by atoms with Gasteiger partial charge in [0.2, 0.25) is 5.91 Å². The zero-order chi connectivity index (χ0) is 54.3. The molecule has 0 aromatic rings. The fourth-order valence-electron chi connectivity index (χ4n) is 8.76. The smallest absolute Gasteiger partial charge is 0.220 e. The van der Waals surface area contributed by atoms with Gasteiger partial charge in [0.1, 0.15) is 24.4 Å². The fraction of sp³-hybridized carbons (Fsp3) is 0.682. The van der Waals surface area contributed by atoms with Gasteiger partial charge in [0.15, 0.2) is 6.29 Å². The van der Waals surface area contributed by atoms with E-state index in [4.69, 9.17) is 9.47 Å². The predicted molar refractivity (Wildman–Crippen MR) is 317 cm³/mol. The van der Waals surface area contributed by atoms with Crippen molar-refractivity contribution in [1.29, 1.82) is 0 Å². The molecule has 1 rings (SSSR count). The zero-order valence-corrected chi connectivity index (χ0v) is 47.5. The maximum absolute atomic E-state index is 13.0. The fourth-order valence-corrected chi connectivity index (χ4v) is 8.76. The number of ether oxygens (including phenoxy) is 2. The molecule has 1 aliphatic heterocycles. The molecule has 0 aromatic heterocycles. The number of aliphatic hydroxyl groups is 5. The van der Waals surface area contributed by atoms with Crippen molar-refractivity contribution in [2.75, 3.05) is 13.2 Å². The van der Waals surface area contributed by atoms with Crippen LogP contribution in [0.4, 0.5) is 0 Å². The molecular formula is C66H111NO8. The molecule has 9 heteroatoms. The van der Waals surface area contributed by atoms with Gasteiger partial charge in [0.05, 0.1) is 25.4 Å². The van der Waals surface area contributed by atoms with E-state index in [9.17, 15) is 30.3 Å². The summed E-state index contributed by atoms with van der Waals surface area (Å²) in [7, 11) is 0. The molecule has 6 N–H and O–H groups in total. The second-order valence-corrected chi connectivity index (χ2v) is 20.4. The van der Waals surface area contributed by atoms with Crippen LogP contribution in [0.15, 0.2) is 122 Å². The van der Waals surface area contributed by atoms with Crippen molar-refractivity contribution >= 4 is 5.91 Å². The minimum absolute atomic E-state index is 0.195. The van der Waals surface area contributed by atoms with Crippen LogP contribution in [0.5, 0.6) is 0 Å². The van der Waals surface area contributed by atoms with Crippen LogP contribution in [-0.4, -0.2) is 87.5 Å². The van der Waals surface area contributed by atoms with Gasteiger partial charge in [-0.3, -0.25) is 4.79 Å². The minimum atomic E-state index is -1.58. The summed E-state index contributed by atoms with van der Waals surface area (Å²) in [5, 5.41) is 54.4. The molecule has 9 nitrogen and oxygen atoms in total. The van der Waals surface area contributed by atoms with E-state index >= 15 is 0 Å². The molecule has 0 saturated carbocycles. The second-order valence-electron chi connectivity index (χ2n) is 20.4. The number of hydrogen-bond donors (Lipinski definition) is 6. The first-order chi connectivity index (χ1) is 36.8. The van der Waals surface area contributed by atoms with E-state index in [0.29, 0.717) is 6.42 Å². The Hall–Kier alpha value is -3.41. The molecule has 0 spiro atoms. The zero-order valence-electron chi connectivity index (χ0n) is 47.5. The minimum Gasteiger partial charge on any atom is -0.394 e. The molecule has 1 fully saturated rings. The van der Waals surface area contributed by atoms with Gasteiger partial charge in [-0.1, -0.05) is 245 Å². The van der Waals surface area contributed by atoms with Gasteiger partial charge in [-0.15, -0.1) is 0 Å². The number of carbonyl (C=O) groups is 1. The third-order valence-corrected chi connectivity index (χ3v) is 13.5. The van der Waals surface area contributed by atoms with Gasteiger partial charge in [0.25, 0.3) is 0 Å². The van der Waals surface area contributed by atoms with Gasteiger partial charge < -0.3 is 40.3 Å². The van der Waals surface area contributed by atoms with Crippen molar-refractivity contribution in [2.45, 2.75) is 275 Å². The Bertz CT molecular complexity index is 1590. The van der Waals surface area contributed by atoms with E-state index in [2.05, 4.69) is 129 Å². The third kappa shape index (κ3) is 43.3. The molecule has 0 radical (unpaired) electrons. The van der Waals surface area contributed by atoms with Gasteiger partial charge in [-0.25, -0.2) is 0 Å². The molecule has 1 amide bonds. The highest BCUT2D eigenvalue weighted by molar-refractivity contribution is 5.76. The quantitative estimate of drug-likeness (QED) is 0.0261. The monoisotopic (exact) mass is 1050 g/mol. The van der Waals surface area contributed by atoms with E-state index in [-0.39, 0.29) is 12.5 Å². The Morgan fingerprint density at radius 1 is 0.467 bits per heavy atom. The molecule has 0 aromatic carbocycles. The van der Waals surface area contributed by atoms with Crippen LogP contribution in [-0.2, 0) is 14.3 Å². The topological polar surface area (TPSA) is 149 Å². The summed E-state index contributed by atoms with van der Waals surface area (Å²) in [5.74, 6) is -0.195. The van der Waals surface area contributed by atoms with Crippen LogP contribution in [0.2, 0.25) is 0 Å². The first-order valence-electron chi connectivity index (χ1n) is 30.3. The predicted octanol–water partition coefficient (Wildman–Crippen LogP) is 15.5. The van der Waals surface area contributed by atoms with Crippen molar-refractivity contribution in [2.24, 2.45) is 0 Å². The summed E-state index contributed by atoms with van der Waals surface area (Å²) in [6, 6.07) is -0.833. The summed E-state index contributed by atoms with van der Waals surface area (Å²) in [6.07, 6.45) is 74.3. The SMILES string of the molecule is CC/C=C\C/C=C\C/C=C\C/C=C\C/C=C\C/C=C\C/C=C\CCCCCCCCCCCCCCCCCCCC(=O)NC(COC1OC(CO)C(O)C(O)C1O)C(O)/C=C/CC/C=C/CC/C=C/CCCCC. The molecule has 1 heterocycles. The van der Waals surface area contributed by atoms with E-state index < -0.39 is 49.5 Å². The number of nitrogens with one attached hydrogen (secondary N) is 1. The molecule has 1 aliphatic rings. The van der Waals surface area contributed by atoms with E-state index in [0.717, 1.165) is 96.3 Å². The number of allylic oxidation sites excluding steroid dienone is 19. The average molecular weight is 1050 g/mol. The third-order valence-electron chi connectivity index (χ3n) is 13.5. The number of carbonyl (C=O) groups excluding carboxylic acids is 1. The van der Waals surface area contributed by atoms with Gasteiger partial charge in [0, 0.05) is 6.42 Å². The summed E-state index contributed by atoms with van der Waals surface area (Å²) in [5.41, 5.74) is 0. The van der Waals surface area contributed by atoms with Crippen LogP contribution >= 0.6 is 0 Å². The molecule has 7 atom stereocenters. The van der Waals surface area contributed by atoms with Crippen LogP contribution in [0, 0.1) is 0 Å². The van der Waals surface area contributed by atoms with Crippen molar-refractivity contribution < 1.29 is 39.8 Å². The summed E-state index contributed by atoms with van der Waals surface area (Å²) >= 11 is 0. The highest BCUT2D eigenvalue weighted by Gasteiger charge is 2.44. The lowest BCUT2D eigenvalue weighted by atomic mass is 9.99. The Balaban J connectivity index is 2.10. The highest BCUT2D eigenvalue weighted by Crippen LogP contribution is 2.23. The summed E-state index contributed by atoms with van der Waals surface area (Å²) in [4.78, 5) is 13.0. The highest BCUT2D eigenvalue weighted by atomic mass is 16.7. The average Bonchev–Trinajstić information content (AvgIpc) is 3.41. The Labute approximate surface area is 458 Å². The number of rotatable bonds is 50. The molecule has 428 valence electrons. The number of amides is 1. The lowest BCUT2D eigenvalue weighted by molar-refractivity contribution is -0.302. The van der Waals surface area contributed by atoms with Crippen molar-refractivity contribution in [1.82, 2.24) is 5.32 Å². The van der Waals surface area contributed by atoms with Crippen LogP contribution in [0.25, 0.3) is 0 Å². The lowest BCUT2D eigenvalue weighted by Gasteiger charge is -2.40. The summed E-state index contributed by atoms with van der Waals surface area (Å²) < 4.78 is 11.2. The Kier molecular flexibility index (Phi) is 50.1. The first-order valence-corrected chi connectivity index (χ1v) is 30.3. The normalized spacial score (nSPS) is 19.8. The van der Waals surface area contributed by atoms with Crippen molar-refractivity contribution in [3.05, 3.63) is 122 Å². The molecule has 7 unspecified atom stereocenters. The molecular weight excluding hydrogens is 935 g/mol. The largest absolute Gasteiger partial charge is 0.394 e. The van der Waals surface area contributed by atoms with Crippen LogP contribution in [0.1, 0.15) is 232 Å². The van der Waals surface area contributed by atoms with Gasteiger partial charge in [-0.2, -0.15) is 0 Å². The lowest BCUT2D eigenvalue weighted by Crippen LogP contribution is -2.60. The van der Waals surface area contributed by atoms with Gasteiger partial charge >= 0.3 is 0 Å². The Morgan fingerprint density at radius 3 is 1.28 bits per heavy atom. The van der Waals surface area contributed by atoms with Crippen LogP contribution < -0.4 is 5.32 Å². The standard InChI is InChI=1S/C66H111NO8/c1-3-5-7-9-11-13-15-17-18-19-20-21-22-23-24-25-26-27-28-29-30-31-32-33-34-35-36-37-38-39-40-41-42-44-46-48-50-52-54-56-62(70)67-59(58-74-66-65(73)64(72)63(71)61(57-68)75-66)60(69)55-53-51-49-47-45-43-16-14-12-10-8-6-4-2/h5,7,11-14,17-18,20-21,23-24,26-27,29-30,45,47,53,55,59-61,63-66,68-69,71-73H,3-4,6,8-10,15-16,19,22,25,28,31-44,46,48-52,54,56-58H2,1-2H3,(H,67,70)/b7-5-,13-11-,14-12+,18-17-,21-20-,24-23-,27-26-,30-29-,47-45+,55-53+. The number of unbranched alkanes of at least 4 members (excludes halogenated alkanes) is 22. The second kappa shape index (κ2) is 54.0. The maximum Gasteiger partial charge on any atom is 0.220 e. The van der Waals surface area contributed by atoms with Crippen LogP contribution in [0.3, 0.4) is 0 Å². The van der Waals surface area contributed by atoms with E-state index in [1.165, 1.54) is 116 Å². The molecule has 0 aliphatic carbocycles. The molecule has 75 heavy (non-hydrogen) atoms. The molecule has 1 saturated heterocycles.